The van der Waals surface area contributed by atoms with Crippen molar-refractivity contribution in [3.63, 3.8) is 0 Å². The molecule has 2 N–H and O–H groups in total. The van der Waals surface area contributed by atoms with E-state index in [0.717, 1.165) is 27.6 Å². The van der Waals surface area contributed by atoms with Gasteiger partial charge in [0.1, 0.15) is 11.8 Å². The summed E-state index contributed by atoms with van der Waals surface area (Å²) < 4.78 is 3.06. The summed E-state index contributed by atoms with van der Waals surface area (Å²) in [4.78, 5) is 33.8. The van der Waals surface area contributed by atoms with Gasteiger partial charge in [0.05, 0.1) is 24.0 Å². The average molecular weight is 480 g/mol. The molecule has 0 fully saturated rings. The number of carboxylic acid groups (broad SMARTS) is 1. The average Bonchev–Trinajstić information content (AvgIpc) is 3.40. The zero-order valence-corrected chi connectivity index (χ0v) is 20.2. The van der Waals surface area contributed by atoms with Gasteiger partial charge in [-0.3, -0.25) is 13.9 Å². The first kappa shape index (κ1) is 23.1. The lowest BCUT2D eigenvalue weighted by molar-refractivity contribution is -0.137. The van der Waals surface area contributed by atoms with Crippen molar-refractivity contribution in [1.82, 2.24) is 19.1 Å². The van der Waals surface area contributed by atoms with Crippen LogP contribution >= 0.6 is 0 Å². The number of aliphatic carboxylic acids is 1. The van der Waals surface area contributed by atoms with Gasteiger partial charge in [-0.2, -0.15) is 5.26 Å². The van der Waals surface area contributed by atoms with E-state index in [4.69, 9.17) is 0 Å². The molecule has 0 aliphatic carbocycles. The third kappa shape index (κ3) is 3.75. The summed E-state index contributed by atoms with van der Waals surface area (Å²) in [5.74, 6) is -1.04. The van der Waals surface area contributed by atoms with E-state index in [9.17, 15) is 20.0 Å². The van der Waals surface area contributed by atoms with Crippen molar-refractivity contribution in [1.29, 1.82) is 5.26 Å². The molecule has 180 valence electrons. The Labute approximate surface area is 207 Å². The number of hydrogen-bond acceptors (Lipinski definition) is 4. The first-order valence-electron chi connectivity index (χ1n) is 11.7. The molecule has 36 heavy (non-hydrogen) atoms. The van der Waals surface area contributed by atoms with Crippen LogP contribution in [0.1, 0.15) is 53.4 Å². The number of pyridine rings is 1. The third-order valence-electron chi connectivity index (χ3n) is 6.72. The molecule has 0 aliphatic rings. The van der Waals surface area contributed by atoms with Crippen LogP contribution in [-0.2, 0) is 4.79 Å². The number of benzene rings is 2. The van der Waals surface area contributed by atoms with Crippen molar-refractivity contribution in [3.8, 4) is 6.07 Å². The van der Waals surface area contributed by atoms with Crippen molar-refractivity contribution in [2.24, 2.45) is 0 Å². The van der Waals surface area contributed by atoms with E-state index >= 15 is 0 Å². The molecule has 0 saturated carbocycles. The molecule has 8 nitrogen and oxygen atoms in total. The first-order chi connectivity index (χ1) is 17.3. The van der Waals surface area contributed by atoms with E-state index in [2.05, 4.69) is 22.1 Å². The van der Waals surface area contributed by atoms with Gasteiger partial charge in [-0.25, -0.2) is 9.78 Å². The summed E-state index contributed by atoms with van der Waals surface area (Å²) in [6.07, 6.45) is 1.61. The minimum atomic E-state index is -1.04. The number of aromatic nitrogens is 4. The van der Waals surface area contributed by atoms with Gasteiger partial charge in [-0.1, -0.05) is 36.4 Å². The summed E-state index contributed by atoms with van der Waals surface area (Å²) in [6, 6.07) is 17.4. The molecule has 2 aromatic carbocycles. The molecule has 0 amide bonds. The summed E-state index contributed by atoms with van der Waals surface area (Å²) in [5, 5.41) is 20.2. The second-order valence-electron chi connectivity index (χ2n) is 9.12. The fraction of sp³-hybridized carbons (Fsp3) is 0.214. The van der Waals surface area contributed by atoms with Gasteiger partial charge in [0.25, 0.3) is 0 Å². The molecule has 0 aliphatic heterocycles. The molecule has 5 aromatic rings. The number of carbonyl (C=O) groups is 1. The maximum atomic E-state index is 14.1. The standard InChI is InChI=1S/C28H25N5O3/c1-16-11-17(2)26-21(15-30-22(26)12-16)18(3)32-23-10-9-20(14-29)31-27(23)33(28(32)36)24(13-25(34)35)19-7-5-4-6-8-19/h4-12,15,18,24,30H,13H2,1-3H3,(H,34,35)/t18?,24-/m1/s1. The summed E-state index contributed by atoms with van der Waals surface area (Å²) in [7, 11) is 0. The number of carboxylic acids is 1. The van der Waals surface area contributed by atoms with Crippen LogP contribution in [0.4, 0.5) is 0 Å². The second-order valence-corrected chi connectivity index (χ2v) is 9.12. The van der Waals surface area contributed by atoms with Crippen molar-refractivity contribution in [3.05, 3.63) is 99.2 Å². The van der Waals surface area contributed by atoms with E-state index in [1.807, 2.05) is 51.2 Å². The van der Waals surface area contributed by atoms with Gasteiger partial charge in [0, 0.05) is 22.7 Å². The molecule has 1 unspecified atom stereocenters. The number of rotatable bonds is 6. The maximum Gasteiger partial charge on any atom is 0.331 e. The molecule has 5 rings (SSSR count). The molecule has 0 spiro atoms. The van der Waals surface area contributed by atoms with Crippen LogP contribution < -0.4 is 5.69 Å². The van der Waals surface area contributed by atoms with Gasteiger partial charge in [0.2, 0.25) is 0 Å². The van der Waals surface area contributed by atoms with Crippen LogP contribution in [0, 0.1) is 25.2 Å². The highest BCUT2D eigenvalue weighted by atomic mass is 16.4. The van der Waals surface area contributed by atoms with Gasteiger partial charge in [-0.05, 0) is 55.7 Å². The monoisotopic (exact) mass is 479 g/mol. The fourth-order valence-corrected chi connectivity index (χ4v) is 5.19. The zero-order valence-electron chi connectivity index (χ0n) is 20.2. The Morgan fingerprint density at radius 3 is 2.58 bits per heavy atom. The molecule has 0 bridgehead atoms. The number of nitriles is 1. The molecular formula is C28H25N5O3. The summed E-state index contributed by atoms with van der Waals surface area (Å²) in [6.45, 7) is 6.03. The zero-order chi connectivity index (χ0) is 25.6. The largest absolute Gasteiger partial charge is 0.481 e. The highest BCUT2D eigenvalue weighted by Crippen LogP contribution is 2.33. The predicted octanol–water partition coefficient (Wildman–Crippen LogP) is 4.84. The number of nitrogens with one attached hydrogen (secondary N) is 1. The Balaban J connectivity index is 1.80. The molecule has 2 atom stereocenters. The highest BCUT2D eigenvalue weighted by Gasteiger charge is 2.28. The van der Waals surface area contributed by atoms with E-state index in [-0.39, 0.29) is 29.5 Å². The number of imidazole rings is 1. The lowest BCUT2D eigenvalue weighted by Crippen LogP contribution is -2.31. The second kappa shape index (κ2) is 8.86. The third-order valence-corrected chi connectivity index (χ3v) is 6.72. The van der Waals surface area contributed by atoms with Crippen LogP contribution in [0.3, 0.4) is 0 Å². The summed E-state index contributed by atoms with van der Waals surface area (Å²) in [5.41, 5.74) is 5.45. The number of nitrogens with zero attached hydrogens (tertiary/aromatic N) is 4. The smallest absolute Gasteiger partial charge is 0.331 e. The SMILES string of the molecule is Cc1cc(C)c2c(C(C)n3c(=O)n([C@H](CC(=O)O)c4ccccc4)c4nc(C#N)ccc43)c[nH]c2c1. The lowest BCUT2D eigenvalue weighted by atomic mass is 10.0. The van der Waals surface area contributed by atoms with E-state index in [0.29, 0.717) is 11.1 Å². The normalized spacial score (nSPS) is 13.1. The van der Waals surface area contributed by atoms with Crippen LogP contribution in [0.15, 0.2) is 65.6 Å². The Hall–Kier alpha value is -4.64. The van der Waals surface area contributed by atoms with Gasteiger partial charge >= 0.3 is 11.7 Å². The Kier molecular flexibility index (Phi) is 5.69. The van der Waals surface area contributed by atoms with Crippen LogP contribution in [-0.4, -0.2) is 30.2 Å². The number of aryl methyl sites for hydroxylation is 2. The Bertz CT molecular complexity index is 1720. The van der Waals surface area contributed by atoms with Crippen LogP contribution in [0.2, 0.25) is 0 Å². The van der Waals surface area contributed by atoms with Crippen molar-refractivity contribution >= 4 is 28.0 Å². The lowest BCUT2D eigenvalue weighted by Gasteiger charge is -2.17. The quantitative estimate of drug-likeness (QED) is 0.361. The molecular weight excluding hydrogens is 454 g/mol. The molecule has 8 heteroatoms. The Morgan fingerprint density at radius 2 is 1.89 bits per heavy atom. The molecule has 0 saturated heterocycles. The predicted molar refractivity (Wildman–Crippen MR) is 137 cm³/mol. The van der Waals surface area contributed by atoms with Crippen LogP contribution in [0.5, 0.6) is 0 Å². The van der Waals surface area contributed by atoms with Crippen LogP contribution in [0.25, 0.3) is 22.1 Å². The fourth-order valence-electron chi connectivity index (χ4n) is 5.19. The number of aromatic amines is 1. The van der Waals surface area contributed by atoms with Crippen molar-refractivity contribution in [2.75, 3.05) is 0 Å². The number of fused-ring (bicyclic) bond motifs is 2. The summed E-state index contributed by atoms with van der Waals surface area (Å²) >= 11 is 0. The van der Waals surface area contributed by atoms with E-state index < -0.39 is 12.0 Å². The molecule has 0 radical (unpaired) electrons. The maximum absolute atomic E-state index is 14.1. The topological polar surface area (TPSA) is 117 Å². The Morgan fingerprint density at radius 1 is 1.14 bits per heavy atom. The van der Waals surface area contributed by atoms with Crippen molar-refractivity contribution < 1.29 is 9.90 Å². The highest BCUT2D eigenvalue weighted by molar-refractivity contribution is 5.88. The molecule has 3 heterocycles. The van der Waals surface area contributed by atoms with Gasteiger partial charge in [-0.15, -0.1) is 0 Å². The van der Waals surface area contributed by atoms with Gasteiger partial charge in [0.15, 0.2) is 5.65 Å². The number of hydrogen-bond donors (Lipinski definition) is 2. The minimum absolute atomic E-state index is 0.154. The first-order valence-corrected chi connectivity index (χ1v) is 11.7. The van der Waals surface area contributed by atoms with E-state index in [1.165, 1.54) is 4.57 Å². The number of H-pyrrole nitrogens is 1. The molecule has 3 aromatic heterocycles. The van der Waals surface area contributed by atoms with E-state index in [1.54, 1.807) is 28.8 Å². The van der Waals surface area contributed by atoms with Crippen molar-refractivity contribution in [2.45, 2.75) is 39.3 Å². The minimum Gasteiger partial charge on any atom is -0.481 e. The van der Waals surface area contributed by atoms with Gasteiger partial charge < -0.3 is 10.1 Å².